The van der Waals surface area contributed by atoms with Crippen molar-refractivity contribution >= 4 is 15.9 Å². The van der Waals surface area contributed by atoms with E-state index in [9.17, 15) is 13.2 Å². The second-order valence-electron chi connectivity index (χ2n) is 6.26. The summed E-state index contributed by atoms with van der Waals surface area (Å²) in [6, 6.07) is 12.2. The van der Waals surface area contributed by atoms with E-state index in [-0.39, 0.29) is 16.4 Å². The molecule has 0 saturated carbocycles. The fourth-order valence-corrected chi connectivity index (χ4v) is 4.08. The van der Waals surface area contributed by atoms with Crippen LogP contribution < -0.4 is 5.32 Å². The van der Waals surface area contributed by atoms with E-state index in [0.29, 0.717) is 6.54 Å². The van der Waals surface area contributed by atoms with E-state index in [0.717, 1.165) is 22.9 Å². The zero-order valence-electron chi connectivity index (χ0n) is 14.9. The average molecular weight is 374 g/mol. The highest BCUT2D eigenvalue weighted by atomic mass is 32.2. The minimum absolute atomic E-state index is 0.00651. The predicted octanol–water partition coefficient (Wildman–Crippen LogP) is 2.29. The number of nitrogens with one attached hydrogen (secondary N) is 1. The number of aryl methyl sites for hydroxylation is 2. The van der Waals surface area contributed by atoms with Gasteiger partial charge in [0.25, 0.3) is 15.9 Å². The molecule has 2 aromatic carbocycles. The van der Waals surface area contributed by atoms with E-state index in [1.165, 1.54) is 43.8 Å². The second kappa shape index (κ2) is 7.57. The van der Waals surface area contributed by atoms with E-state index in [2.05, 4.69) is 17.4 Å². The first kappa shape index (κ1) is 18.6. The zero-order valence-corrected chi connectivity index (χ0v) is 15.7. The van der Waals surface area contributed by atoms with Gasteiger partial charge in [0.15, 0.2) is 0 Å². The minimum Gasteiger partial charge on any atom is -0.348 e. The quantitative estimate of drug-likeness (QED) is 0.787. The highest BCUT2D eigenvalue weighted by Gasteiger charge is 2.22. The summed E-state index contributed by atoms with van der Waals surface area (Å²) in [6.45, 7) is 0.404. The van der Waals surface area contributed by atoms with Gasteiger partial charge in [-0.25, -0.2) is 8.42 Å². The van der Waals surface area contributed by atoms with Crippen molar-refractivity contribution in [2.45, 2.75) is 30.7 Å². The van der Waals surface area contributed by atoms with Gasteiger partial charge >= 0.3 is 0 Å². The number of carbonyl (C=O) groups excluding carboxylic acids is 1. The van der Waals surface area contributed by atoms with Crippen molar-refractivity contribution in [1.82, 2.24) is 9.79 Å². The van der Waals surface area contributed by atoms with Gasteiger partial charge in [0.05, 0.1) is 12.0 Å². The third-order valence-corrected chi connectivity index (χ3v) is 6.28. The maximum absolute atomic E-state index is 12.4. The molecule has 0 radical (unpaired) electrons. The molecule has 0 unspecified atom stereocenters. The molecule has 1 N–H and O–H groups in total. The predicted molar refractivity (Wildman–Crippen MR) is 98.0 cm³/mol. The van der Waals surface area contributed by atoms with Crippen molar-refractivity contribution in [2.24, 2.45) is 0 Å². The van der Waals surface area contributed by atoms with E-state index < -0.39 is 10.0 Å². The molecule has 1 aliphatic rings. The topological polar surface area (TPSA) is 75.7 Å². The summed E-state index contributed by atoms with van der Waals surface area (Å²) >= 11 is 0. The molecule has 0 atom stereocenters. The number of hydrogen-bond acceptors (Lipinski definition) is 4. The first-order valence-corrected chi connectivity index (χ1v) is 9.88. The first-order valence-electron chi connectivity index (χ1n) is 8.44. The molecule has 138 valence electrons. The molecular formula is C19H22N2O4S. The van der Waals surface area contributed by atoms with Crippen LogP contribution in [0.2, 0.25) is 0 Å². The molecule has 1 amide bonds. The monoisotopic (exact) mass is 374 g/mol. The lowest BCUT2D eigenvalue weighted by molar-refractivity contribution is -0.0258. The van der Waals surface area contributed by atoms with Crippen LogP contribution in [0.5, 0.6) is 0 Å². The van der Waals surface area contributed by atoms with Crippen molar-refractivity contribution in [3.05, 3.63) is 64.7 Å². The van der Waals surface area contributed by atoms with Gasteiger partial charge in [0.2, 0.25) is 0 Å². The number of carbonyl (C=O) groups is 1. The van der Waals surface area contributed by atoms with E-state index in [4.69, 9.17) is 4.84 Å². The van der Waals surface area contributed by atoms with E-state index in [1.807, 2.05) is 6.07 Å². The Hall–Kier alpha value is -2.22. The van der Waals surface area contributed by atoms with Crippen LogP contribution in [0.4, 0.5) is 0 Å². The van der Waals surface area contributed by atoms with Crippen LogP contribution in [0.3, 0.4) is 0 Å². The number of hydroxylamine groups is 1. The van der Waals surface area contributed by atoms with Crippen LogP contribution in [0, 0.1) is 0 Å². The summed E-state index contributed by atoms with van der Waals surface area (Å²) in [4.78, 5) is 17.2. The van der Waals surface area contributed by atoms with Gasteiger partial charge in [-0.15, -0.1) is 0 Å². The Morgan fingerprint density at radius 1 is 1.15 bits per heavy atom. The Bertz CT molecular complexity index is 925. The van der Waals surface area contributed by atoms with E-state index >= 15 is 0 Å². The molecule has 0 heterocycles. The highest BCUT2D eigenvalue weighted by Crippen LogP contribution is 2.23. The molecule has 7 heteroatoms. The van der Waals surface area contributed by atoms with Gasteiger partial charge in [-0.3, -0.25) is 9.63 Å². The lowest BCUT2D eigenvalue weighted by Gasteiger charge is -2.14. The lowest BCUT2D eigenvalue weighted by Crippen LogP contribution is -2.27. The molecule has 0 saturated heterocycles. The molecule has 3 rings (SSSR count). The summed E-state index contributed by atoms with van der Waals surface area (Å²) in [5, 5.41) is 2.85. The van der Waals surface area contributed by atoms with Crippen LogP contribution in [0.15, 0.2) is 47.4 Å². The summed E-state index contributed by atoms with van der Waals surface area (Å²) < 4.78 is 25.3. The number of rotatable bonds is 6. The smallest absolute Gasteiger partial charge is 0.264 e. The third-order valence-electron chi connectivity index (χ3n) is 4.61. The molecule has 2 aromatic rings. The highest BCUT2D eigenvalue weighted by molar-refractivity contribution is 7.89. The molecule has 0 spiro atoms. The molecule has 6 nitrogen and oxygen atoms in total. The normalized spacial score (nSPS) is 13.7. The van der Waals surface area contributed by atoms with Crippen LogP contribution in [0.25, 0.3) is 0 Å². The first-order chi connectivity index (χ1) is 12.4. The molecule has 26 heavy (non-hydrogen) atoms. The Morgan fingerprint density at radius 2 is 1.92 bits per heavy atom. The Balaban J connectivity index is 1.71. The average Bonchev–Trinajstić information content (AvgIpc) is 3.13. The SMILES string of the molecule is CON(C)S(=O)(=O)c1cccc(C(=O)NCc2ccc3c(c2)CCC3)c1. The van der Waals surface area contributed by atoms with Crippen molar-refractivity contribution in [1.29, 1.82) is 0 Å². The number of benzene rings is 2. The molecule has 0 bridgehead atoms. The number of sulfonamides is 1. The van der Waals surface area contributed by atoms with Gasteiger partial charge in [0, 0.05) is 19.2 Å². The summed E-state index contributed by atoms with van der Waals surface area (Å²) in [6.07, 6.45) is 3.39. The van der Waals surface area contributed by atoms with Crippen molar-refractivity contribution in [2.75, 3.05) is 14.2 Å². The summed E-state index contributed by atoms with van der Waals surface area (Å²) in [5.74, 6) is -0.317. The van der Waals surface area contributed by atoms with Gasteiger partial charge in [0.1, 0.15) is 0 Å². The Labute approximate surface area is 153 Å². The Kier molecular flexibility index (Phi) is 5.41. The van der Waals surface area contributed by atoms with Crippen LogP contribution in [-0.4, -0.2) is 33.0 Å². The molecule has 1 aliphatic carbocycles. The molecule has 0 fully saturated rings. The van der Waals surface area contributed by atoms with Gasteiger partial charge < -0.3 is 5.32 Å². The van der Waals surface area contributed by atoms with Crippen LogP contribution >= 0.6 is 0 Å². The van der Waals surface area contributed by atoms with Gasteiger partial charge in [-0.05, 0) is 54.2 Å². The van der Waals surface area contributed by atoms with Crippen LogP contribution in [0.1, 0.15) is 33.5 Å². The maximum Gasteiger partial charge on any atom is 0.264 e. The van der Waals surface area contributed by atoms with E-state index in [1.54, 1.807) is 12.1 Å². The largest absolute Gasteiger partial charge is 0.348 e. The number of amides is 1. The lowest BCUT2D eigenvalue weighted by atomic mass is 10.1. The number of fused-ring (bicyclic) bond motifs is 1. The van der Waals surface area contributed by atoms with Crippen molar-refractivity contribution in [3.63, 3.8) is 0 Å². The van der Waals surface area contributed by atoms with Gasteiger partial charge in [-0.2, -0.15) is 0 Å². The fourth-order valence-electron chi connectivity index (χ4n) is 3.06. The third kappa shape index (κ3) is 3.80. The standard InChI is InChI=1S/C19H22N2O4S/c1-21(25-2)26(23,24)18-8-4-7-17(12-18)19(22)20-13-14-9-10-15-5-3-6-16(15)11-14/h4,7-12H,3,5-6,13H2,1-2H3,(H,20,22). The molecule has 0 aliphatic heterocycles. The molecular weight excluding hydrogens is 352 g/mol. The number of nitrogens with zero attached hydrogens (tertiary/aromatic N) is 1. The second-order valence-corrected chi connectivity index (χ2v) is 8.20. The number of hydrogen-bond donors (Lipinski definition) is 1. The fraction of sp³-hybridized carbons (Fsp3) is 0.316. The summed E-state index contributed by atoms with van der Waals surface area (Å²) in [5.41, 5.74) is 4.08. The molecule has 0 aromatic heterocycles. The van der Waals surface area contributed by atoms with Crippen molar-refractivity contribution < 1.29 is 18.0 Å². The van der Waals surface area contributed by atoms with Crippen molar-refractivity contribution in [3.8, 4) is 0 Å². The summed E-state index contributed by atoms with van der Waals surface area (Å²) in [7, 11) is -1.22. The maximum atomic E-state index is 12.4. The van der Waals surface area contributed by atoms with Gasteiger partial charge in [-0.1, -0.05) is 28.7 Å². The minimum atomic E-state index is -3.79. The van der Waals surface area contributed by atoms with Crippen LogP contribution in [-0.2, 0) is 34.2 Å². The zero-order chi connectivity index (χ0) is 18.7. The Morgan fingerprint density at radius 3 is 2.69 bits per heavy atom.